The fourth-order valence-corrected chi connectivity index (χ4v) is 2.43. The van der Waals surface area contributed by atoms with Gasteiger partial charge in [-0.1, -0.05) is 19.9 Å². The van der Waals surface area contributed by atoms with Crippen LogP contribution in [0.3, 0.4) is 0 Å². The maximum Gasteiger partial charge on any atom is 0.416 e. The van der Waals surface area contributed by atoms with Crippen molar-refractivity contribution in [1.29, 1.82) is 0 Å². The van der Waals surface area contributed by atoms with E-state index in [1.165, 1.54) is 29.2 Å². The summed E-state index contributed by atoms with van der Waals surface area (Å²) >= 11 is 0. The first-order valence-corrected chi connectivity index (χ1v) is 8.87. The number of hydrogen-bond donors (Lipinski definition) is 2. The predicted octanol–water partition coefficient (Wildman–Crippen LogP) is 4.66. The van der Waals surface area contributed by atoms with E-state index in [2.05, 4.69) is 10.6 Å². The van der Waals surface area contributed by atoms with Crippen molar-refractivity contribution in [2.45, 2.75) is 20.0 Å². The van der Waals surface area contributed by atoms with E-state index in [0.717, 1.165) is 24.3 Å². The van der Waals surface area contributed by atoms with Crippen LogP contribution >= 0.6 is 0 Å². The van der Waals surface area contributed by atoms with Gasteiger partial charge in [-0.2, -0.15) is 13.2 Å². The number of anilines is 2. The Balaban J connectivity index is 2.18. The molecule has 29 heavy (non-hydrogen) atoms. The minimum Gasteiger partial charge on any atom is -0.354 e. The molecule has 0 saturated heterocycles. The highest BCUT2D eigenvalue weighted by Gasteiger charge is 2.30. The third-order valence-corrected chi connectivity index (χ3v) is 3.98. The second-order valence-electron chi connectivity index (χ2n) is 6.58. The van der Waals surface area contributed by atoms with Crippen LogP contribution < -0.4 is 15.5 Å². The Labute approximate surface area is 165 Å². The summed E-state index contributed by atoms with van der Waals surface area (Å²) in [6.45, 7) is 3.58. The summed E-state index contributed by atoms with van der Waals surface area (Å²) in [4.78, 5) is 25.6. The highest BCUT2D eigenvalue weighted by Crippen LogP contribution is 2.30. The van der Waals surface area contributed by atoms with Crippen LogP contribution in [0.15, 0.2) is 48.5 Å². The fourth-order valence-electron chi connectivity index (χ4n) is 2.43. The molecule has 0 aliphatic rings. The largest absolute Gasteiger partial charge is 0.416 e. The lowest BCUT2D eigenvalue weighted by Crippen LogP contribution is -2.41. The highest BCUT2D eigenvalue weighted by atomic mass is 19.4. The van der Waals surface area contributed by atoms with Crippen molar-refractivity contribution in [1.82, 2.24) is 5.32 Å². The Morgan fingerprint density at radius 3 is 2.31 bits per heavy atom. The number of amides is 3. The van der Waals surface area contributed by atoms with Gasteiger partial charge in [-0.05, 0) is 42.5 Å². The van der Waals surface area contributed by atoms with E-state index in [0.29, 0.717) is 5.69 Å². The molecule has 9 heteroatoms. The van der Waals surface area contributed by atoms with Crippen LogP contribution in [0.1, 0.15) is 19.4 Å². The van der Waals surface area contributed by atoms with E-state index in [1.807, 2.05) is 0 Å². The van der Waals surface area contributed by atoms with Gasteiger partial charge in [0, 0.05) is 30.4 Å². The van der Waals surface area contributed by atoms with Gasteiger partial charge in [0.2, 0.25) is 5.91 Å². The van der Waals surface area contributed by atoms with Crippen molar-refractivity contribution in [3.05, 3.63) is 59.9 Å². The van der Waals surface area contributed by atoms with Gasteiger partial charge in [-0.3, -0.25) is 9.69 Å². The smallest absolute Gasteiger partial charge is 0.354 e. The monoisotopic (exact) mass is 411 g/mol. The first kappa shape index (κ1) is 22.2. The Bertz CT molecular complexity index is 852. The molecule has 3 amide bonds. The van der Waals surface area contributed by atoms with Crippen molar-refractivity contribution < 1.29 is 27.2 Å². The quantitative estimate of drug-likeness (QED) is 0.680. The van der Waals surface area contributed by atoms with Gasteiger partial charge in [0.15, 0.2) is 0 Å². The molecule has 2 N–H and O–H groups in total. The normalized spacial score (nSPS) is 11.3. The Morgan fingerprint density at radius 1 is 1.07 bits per heavy atom. The number of nitrogens with one attached hydrogen (secondary N) is 2. The zero-order valence-corrected chi connectivity index (χ0v) is 15.9. The van der Waals surface area contributed by atoms with Gasteiger partial charge in [0.05, 0.1) is 5.56 Å². The summed E-state index contributed by atoms with van der Waals surface area (Å²) in [7, 11) is 0. The van der Waals surface area contributed by atoms with Gasteiger partial charge >= 0.3 is 12.2 Å². The van der Waals surface area contributed by atoms with E-state index in [-0.39, 0.29) is 30.6 Å². The Hall–Kier alpha value is -3.10. The first-order chi connectivity index (χ1) is 13.6. The summed E-state index contributed by atoms with van der Waals surface area (Å²) in [5, 5.41) is 5.07. The highest BCUT2D eigenvalue weighted by molar-refractivity contribution is 6.01. The van der Waals surface area contributed by atoms with Gasteiger partial charge < -0.3 is 10.6 Å². The van der Waals surface area contributed by atoms with Crippen LogP contribution in [0.5, 0.6) is 0 Å². The zero-order valence-electron chi connectivity index (χ0n) is 15.9. The molecule has 0 saturated carbocycles. The molecule has 0 atom stereocenters. The van der Waals surface area contributed by atoms with E-state index >= 15 is 0 Å². The SMILES string of the molecule is CC(C)C(=O)NCCN(C(=O)Nc1cccc(C(F)(F)F)c1)c1ccc(F)cc1. The van der Waals surface area contributed by atoms with Crippen molar-refractivity contribution in [3.8, 4) is 0 Å². The summed E-state index contributed by atoms with van der Waals surface area (Å²) in [5.74, 6) is -0.948. The van der Waals surface area contributed by atoms with Gasteiger partial charge in [0.25, 0.3) is 0 Å². The molecule has 2 aromatic rings. The van der Waals surface area contributed by atoms with Crippen LogP contribution in [-0.4, -0.2) is 25.0 Å². The molecule has 2 aromatic carbocycles. The maximum atomic E-state index is 13.2. The lowest BCUT2D eigenvalue weighted by Gasteiger charge is -2.24. The third-order valence-electron chi connectivity index (χ3n) is 3.98. The number of benzene rings is 2. The molecule has 0 bridgehead atoms. The van der Waals surface area contributed by atoms with Crippen LogP contribution in [0.25, 0.3) is 0 Å². The molecule has 5 nitrogen and oxygen atoms in total. The van der Waals surface area contributed by atoms with E-state index in [9.17, 15) is 27.2 Å². The van der Waals surface area contributed by atoms with Crippen molar-refractivity contribution in [3.63, 3.8) is 0 Å². The molecule has 0 spiro atoms. The van der Waals surface area contributed by atoms with Crippen LogP contribution in [-0.2, 0) is 11.0 Å². The second-order valence-corrected chi connectivity index (χ2v) is 6.58. The van der Waals surface area contributed by atoms with Crippen molar-refractivity contribution in [2.75, 3.05) is 23.3 Å². The molecule has 2 rings (SSSR count). The van der Waals surface area contributed by atoms with E-state index in [1.54, 1.807) is 13.8 Å². The Kier molecular flexibility index (Phi) is 7.19. The zero-order chi connectivity index (χ0) is 21.6. The summed E-state index contributed by atoms with van der Waals surface area (Å²) in [6, 6.07) is 8.57. The predicted molar refractivity (Wildman–Crippen MR) is 102 cm³/mol. The molecule has 0 aromatic heterocycles. The molecule has 0 fully saturated rings. The average molecular weight is 411 g/mol. The summed E-state index contributed by atoms with van der Waals surface area (Å²) in [5.41, 5.74) is -0.606. The van der Waals surface area contributed by atoms with Gasteiger partial charge in [-0.25, -0.2) is 9.18 Å². The topological polar surface area (TPSA) is 61.4 Å². The number of nitrogens with zero attached hydrogens (tertiary/aromatic N) is 1. The lowest BCUT2D eigenvalue weighted by atomic mass is 10.2. The molecular weight excluding hydrogens is 390 g/mol. The number of rotatable bonds is 6. The third kappa shape index (κ3) is 6.48. The Morgan fingerprint density at radius 2 is 1.72 bits per heavy atom. The van der Waals surface area contributed by atoms with Crippen LogP contribution in [0, 0.1) is 11.7 Å². The molecule has 0 unspecified atom stereocenters. The number of halogens is 4. The molecule has 0 aliphatic heterocycles. The van der Waals surface area contributed by atoms with Crippen LogP contribution in [0.4, 0.5) is 33.7 Å². The van der Waals surface area contributed by atoms with Crippen molar-refractivity contribution >= 4 is 23.3 Å². The summed E-state index contributed by atoms with van der Waals surface area (Å²) in [6.07, 6.45) is -4.54. The second kappa shape index (κ2) is 9.40. The molecule has 0 radical (unpaired) electrons. The number of carbonyl (C=O) groups is 2. The lowest BCUT2D eigenvalue weighted by molar-refractivity contribution is -0.137. The van der Waals surface area contributed by atoms with Gasteiger partial charge in [-0.15, -0.1) is 0 Å². The maximum absolute atomic E-state index is 13.2. The number of carbonyl (C=O) groups excluding carboxylic acids is 2. The summed E-state index contributed by atoms with van der Waals surface area (Å²) < 4.78 is 51.8. The van der Waals surface area contributed by atoms with E-state index < -0.39 is 23.6 Å². The standard InChI is InChI=1S/C20H21F4N3O2/c1-13(2)18(28)25-10-11-27(17-8-6-15(21)7-9-17)19(29)26-16-5-3-4-14(12-16)20(22,23)24/h3-9,12-13H,10-11H2,1-2H3,(H,25,28)(H,26,29). The molecule has 0 aliphatic carbocycles. The number of hydrogen-bond acceptors (Lipinski definition) is 2. The minimum absolute atomic E-state index is 0.0366. The van der Waals surface area contributed by atoms with Gasteiger partial charge in [0.1, 0.15) is 5.82 Å². The average Bonchev–Trinajstić information content (AvgIpc) is 2.65. The minimum atomic E-state index is -4.54. The van der Waals surface area contributed by atoms with Crippen molar-refractivity contribution in [2.24, 2.45) is 5.92 Å². The number of alkyl halides is 3. The van der Waals surface area contributed by atoms with Crippen LogP contribution in [0.2, 0.25) is 0 Å². The molecular formula is C20H21F4N3O2. The number of urea groups is 1. The molecule has 156 valence electrons. The van der Waals surface area contributed by atoms with E-state index in [4.69, 9.17) is 0 Å². The fraction of sp³-hybridized carbons (Fsp3) is 0.300. The molecule has 0 heterocycles. The first-order valence-electron chi connectivity index (χ1n) is 8.87.